The normalized spacial score (nSPS) is 15.6. The molecule has 1 atom stereocenters. The van der Waals surface area contributed by atoms with Crippen LogP contribution in [0.15, 0.2) is 29.1 Å². The van der Waals surface area contributed by atoms with E-state index in [4.69, 9.17) is 14.2 Å². The molecule has 6 heteroatoms. The third kappa shape index (κ3) is 2.78. The van der Waals surface area contributed by atoms with Gasteiger partial charge in [-0.3, -0.25) is 4.79 Å². The molecule has 3 rings (SSSR count). The molecule has 0 heterocycles. The molecule has 1 aliphatic rings. The number of aromatic hydroxyl groups is 1. The van der Waals surface area contributed by atoms with Crippen LogP contribution in [0.3, 0.4) is 0 Å². The van der Waals surface area contributed by atoms with Crippen molar-refractivity contribution >= 4 is 0 Å². The Morgan fingerprint density at radius 1 is 1.08 bits per heavy atom. The zero-order valence-corrected chi connectivity index (χ0v) is 14.6. The Kier molecular flexibility index (Phi) is 4.55. The van der Waals surface area contributed by atoms with Crippen LogP contribution in [0.5, 0.6) is 23.0 Å². The van der Waals surface area contributed by atoms with Crippen molar-refractivity contribution in [1.82, 2.24) is 0 Å². The van der Waals surface area contributed by atoms with Crippen LogP contribution >= 0.6 is 0 Å². The van der Waals surface area contributed by atoms with Gasteiger partial charge in [-0.25, -0.2) is 0 Å². The van der Waals surface area contributed by atoms with Gasteiger partial charge in [-0.1, -0.05) is 0 Å². The quantitative estimate of drug-likeness (QED) is 0.884. The molecule has 1 aliphatic carbocycles. The number of rotatable bonds is 3. The Balaban J connectivity index is 2.45. The van der Waals surface area contributed by atoms with Gasteiger partial charge in [0.25, 0.3) is 0 Å². The van der Waals surface area contributed by atoms with E-state index in [1.54, 1.807) is 27.4 Å². The maximum atomic E-state index is 12.1. The standard InChI is InChI=1S/C19H21NO5/c1-23-16-8-10-4-6-13(20)12-9-15(22)14(21)7-5-11(12)17(10)19(25-3)18(16)24-2/h5,7-9,13H,4,6,20H2,1-3H3,(H,21,22)/p+1/t13-/m0/s1. The minimum absolute atomic E-state index is 0.0800. The first-order chi connectivity index (χ1) is 12.0. The first-order valence-electron chi connectivity index (χ1n) is 8.04. The van der Waals surface area contributed by atoms with E-state index >= 15 is 0 Å². The molecule has 2 aromatic carbocycles. The number of aryl methyl sites for hydroxylation is 1. The lowest BCUT2D eigenvalue weighted by molar-refractivity contribution is -0.427. The molecule has 0 aromatic heterocycles. The van der Waals surface area contributed by atoms with Gasteiger partial charge in [0.2, 0.25) is 11.2 Å². The third-order valence-electron chi connectivity index (χ3n) is 4.64. The van der Waals surface area contributed by atoms with Gasteiger partial charge in [0.1, 0.15) is 6.04 Å². The molecule has 0 spiro atoms. The molecule has 25 heavy (non-hydrogen) atoms. The molecule has 0 aliphatic heterocycles. The van der Waals surface area contributed by atoms with Crippen LogP contribution in [-0.4, -0.2) is 26.4 Å². The minimum atomic E-state index is -0.419. The first kappa shape index (κ1) is 17.1. The molecule has 132 valence electrons. The van der Waals surface area contributed by atoms with Crippen LogP contribution in [0.1, 0.15) is 23.6 Å². The molecular weight excluding hydrogens is 322 g/mol. The van der Waals surface area contributed by atoms with E-state index in [1.165, 1.54) is 12.1 Å². The van der Waals surface area contributed by atoms with Gasteiger partial charge in [0.05, 0.1) is 21.3 Å². The van der Waals surface area contributed by atoms with Crippen LogP contribution in [0.4, 0.5) is 0 Å². The van der Waals surface area contributed by atoms with Gasteiger partial charge in [-0.05, 0) is 41.8 Å². The van der Waals surface area contributed by atoms with E-state index in [2.05, 4.69) is 5.73 Å². The van der Waals surface area contributed by atoms with Gasteiger partial charge in [-0.15, -0.1) is 0 Å². The summed E-state index contributed by atoms with van der Waals surface area (Å²) >= 11 is 0. The highest BCUT2D eigenvalue weighted by atomic mass is 16.5. The van der Waals surface area contributed by atoms with Crippen LogP contribution in [-0.2, 0) is 6.42 Å². The van der Waals surface area contributed by atoms with Crippen LogP contribution in [0.2, 0.25) is 0 Å². The Hall–Kier alpha value is -2.73. The molecule has 0 fully saturated rings. The average Bonchev–Trinajstić information content (AvgIpc) is 2.84. The lowest BCUT2D eigenvalue weighted by Gasteiger charge is -2.19. The van der Waals surface area contributed by atoms with E-state index in [1.807, 2.05) is 6.07 Å². The van der Waals surface area contributed by atoms with Crippen molar-refractivity contribution in [2.24, 2.45) is 0 Å². The summed E-state index contributed by atoms with van der Waals surface area (Å²) in [6.07, 6.45) is 1.53. The highest BCUT2D eigenvalue weighted by molar-refractivity contribution is 5.82. The molecule has 0 saturated carbocycles. The summed E-state index contributed by atoms with van der Waals surface area (Å²) in [5, 5.41) is 9.84. The number of fused-ring (bicyclic) bond motifs is 3. The number of ether oxygens (including phenoxy) is 3. The summed E-state index contributed by atoms with van der Waals surface area (Å²) in [6, 6.07) is 6.47. The molecule has 0 unspecified atom stereocenters. The predicted octanol–water partition coefficient (Wildman–Crippen LogP) is 1.67. The Morgan fingerprint density at radius 3 is 2.44 bits per heavy atom. The molecule has 0 amide bonds. The van der Waals surface area contributed by atoms with Gasteiger partial charge in [-0.2, -0.15) is 0 Å². The molecule has 0 radical (unpaired) electrons. The highest BCUT2D eigenvalue weighted by Crippen LogP contribution is 2.49. The molecule has 0 saturated heterocycles. The van der Waals surface area contributed by atoms with Crippen LogP contribution in [0.25, 0.3) is 11.1 Å². The molecule has 0 bridgehead atoms. The summed E-state index contributed by atoms with van der Waals surface area (Å²) < 4.78 is 16.6. The first-order valence-corrected chi connectivity index (χ1v) is 8.04. The van der Waals surface area contributed by atoms with Gasteiger partial charge >= 0.3 is 0 Å². The second-order valence-corrected chi connectivity index (χ2v) is 6.01. The Bertz CT molecular complexity index is 879. The van der Waals surface area contributed by atoms with Crippen molar-refractivity contribution in [2.45, 2.75) is 18.9 Å². The summed E-state index contributed by atoms with van der Waals surface area (Å²) in [4.78, 5) is 12.1. The summed E-state index contributed by atoms with van der Waals surface area (Å²) in [5.74, 6) is 1.34. The lowest BCUT2D eigenvalue weighted by Crippen LogP contribution is -2.53. The third-order valence-corrected chi connectivity index (χ3v) is 4.64. The smallest absolute Gasteiger partial charge is 0.220 e. The van der Waals surface area contributed by atoms with Crippen molar-refractivity contribution < 1.29 is 25.1 Å². The van der Waals surface area contributed by atoms with Gasteiger partial charge < -0.3 is 25.1 Å². The molecule has 4 N–H and O–H groups in total. The maximum absolute atomic E-state index is 12.1. The number of hydrogen-bond donors (Lipinski definition) is 2. The predicted molar refractivity (Wildman–Crippen MR) is 93.4 cm³/mol. The van der Waals surface area contributed by atoms with Crippen molar-refractivity contribution in [3.8, 4) is 34.1 Å². The topological polar surface area (TPSA) is 92.6 Å². The fourth-order valence-electron chi connectivity index (χ4n) is 3.38. The second-order valence-electron chi connectivity index (χ2n) is 6.01. The number of methoxy groups -OCH3 is 3. The summed E-state index contributed by atoms with van der Waals surface area (Å²) in [7, 11) is 4.71. The van der Waals surface area contributed by atoms with Crippen LogP contribution < -0.4 is 25.4 Å². The van der Waals surface area contributed by atoms with Crippen molar-refractivity contribution in [1.29, 1.82) is 0 Å². The maximum Gasteiger partial charge on any atom is 0.220 e. The fourth-order valence-corrected chi connectivity index (χ4v) is 3.38. The van der Waals surface area contributed by atoms with E-state index < -0.39 is 5.43 Å². The van der Waals surface area contributed by atoms with E-state index in [9.17, 15) is 9.90 Å². The number of hydrogen-bond acceptors (Lipinski definition) is 5. The van der Waals surface area contributed by atoms with Crippen molar-refractivity contribution in [2.75, 3.05) is 21.3 Å². The molecule has 6 nitrogen and oxygen atoms in total. The largest absolute Gasteiger partial charge is 0.504 e. The fraction of sp³-hybridized carbons (Fsp3) is 0.316. The van der Waals surface area contributed by atoms with E-state index in [0.717, 1.165) is 35.1 Å². The summed E-state index contributed by atoms with van der Waals surface area (Å²) in [5.41, 5.74) is 7.24. The Labute approximate surface area is 145 Å². The van der Waals surface area contributed by atoms with Gasteiger partial charge in [0, 0.05) is 17.5 Å². The van der Waals surface area contributed by atoms with Crippen molar-refractivity contribution in [3.05, 3.63) is 45.6 Å². The average molecular weight is 344 g/mol. The molecular formula is C19H22NO5+. The highest BCUT2D eigenvalue weighted by Gasteiger charge is 2.28. The summed E-state index contributed by atoms with van der Waals surface area (Å²) in [6.45, 7) is 0. The second kappa shape index (κ2) is 6.64. The minimum Gasteiger partial charge on any atom is -0.504 e. The zero-order chi connectivity index (χ0) is 18.1. The van der Waals surface area contributed by atoms with Crippen LogP contribution in [0, 0.1) is 0 Å². The monoisotopic (exact) mass is 344 g/mol. The molecule has 2 aromatic rings. The Morgan fingerprint density at radius 2 is 1.80 bits per heavy atom. The van der Waals surface area contributed by atoms with Gasteiger partial charge in [0.15, 0.2) is 17.2 Å². The zero-order valence-electron chi connectivity index (χ0n) is 14.6. The van der Waals surface area contributed by atoms with E-state index in [-0.39, 0.29) is 11.8 Å². The number of quaternary nitrogens is 1. The number of benzene rings is 1. The van der Waals surface area contributed by atoms with Crippen molar-refractivity contribution in [3.63, 3.8) is 0 Å². The SMILES string of the molecule is COc1cc2c(c(OC)c1OC)-c1ccc(O)c(=O)cc1[C@@H]([NH3+])CC2. The lowest BCUT2D eigenvalue weighted by atomic mass is 9.95. The van der Waals surface area contributed by atoms with E-state index in [0.29, 0.717) is 17.2 Å².